The predicted molar refractivity (Wildman–Crippen MR) is 56.5 cm³/mol. The number of carbonyl (C=O) groups excluding carboxylic acids is 1. The molecule has 0 aromatic rings. The molecule has 0 saturated carbocycles. The molecule has 1 heterocycles. The highest BCUT2D eigenvalue weighted by molar-refractivity contribution is 5.75. The first-order valence-corrected chi connectivity index (χ1v) is 5.12. The molecule has 5 nitrogen and oxygen atoms in total. The van der Waals surface area contributed by atoms with Crippen molar-refractivity contribution in [3.63, 3.8) is 0 Å². The number of hydrogen-bond donors (Lipinski definition) is 1. The van der Waals surface area contributed by atoms with Gasteiger partial charge < -0.3 is 15.2 Å². The van der Waals surface area contributed by atoms with E-state index in [0.717, 1.165) is 6.54 Å². The van der Waals surface area contributed by atoms with Gasteiger partial charge in [-0.25, -0.2) is 0 Å². The second-order valence-electron chi connectivity index (χ2n) is 4.57. The Morgan fingerprint density at radius 2 is 2.33 bits per heavy atom. The fraction of sp³-hybridized carbons (Fsp3) is 0.900. The number of morpholine rings is 1. The molecule has 0 aromatic carbocycles. The molecule has 15 heavy (non-hydrogen) atoms. The Hall–Kier alpha value is -0.650. The fourth-order valence-electron chi connectivity index (χ4n) is 1.70. The minimum atomic E-state index is -0.316. The van der Waals surface area contributed by atoms with Crippen LogP contribution in [0.15, 0.2) is 0 Å². The summed E-state index contributed by atoms with van der Waals surface area (Å²) in [6, 6.07) is -0.313. The average molecular weight is 216 g/mol. The number of rotatable bonds is 3. The molecule has 1 atom stereocenters. The van der Waals surface area contributed by atoms with Gasteiger partial charge in [0.2, 0.25) is 0 Å². The van der Waals surface area contributed by atoms with Crippen LogP contribution in [0.2, 0.25) is 0 Å². The molecule has 1 rings (SSSR count). The van der Waals surface area contributed by atoms with E-state index in [0.29, 0.717) is 19.8 Å². The van der Waals surface area contributed by atoms with Gasteiger partial charge in [-0.1, -0.05) is 0 Å². The average Bonchev–Trinajstić information content (AvgIpc) is 2.15. The zero-order valence-electron chi connectivity index (χ0n) is 9.66. The van der Waals surface area contributed by atoms with Crippen LogP contribution in [0.1, 0.15) is 13.8 Å². The van der Waals surface area contributed by atoms with Crippen molar-refractivity contribution in [3.05, 3.63) is 0 Å². The first kappa shape index (κ1) is 12.4. The third-order valence-electron chi connectivity index (χ3n) is 2.32. The van der Waals surface area contributed by atoms with Gasteiger partial charge in [0.05, 0.1) is 20.3 Å². The lowest BCUT2D eigenvalue weighted by Crippen LogP contribution is -2.56. The Morgan fingerprint density at radius 1 is 1.67 bits per heavy atom. The molecule has 2 N–H and O–H groups in total. The molecule has 0 bridgehead atoms. The quantitative estimate of drug-likeness (QED) is 0.650. The highest BCUT2D eigenvalue weighted by Crippen LogP contribution is 2.12. The number of nitrogens with zero attached hydrogens (tertiary/aromatic N) is 1. The van der Waals surface area contributed by atoms with Crippen LogP contribution < -0.4 is 5.73 Å². The van der Waals surface area contributed by atoms with Crippen molar-refractivity contribution in [1.82, 2.24) is 4.90 Å². The van der Waals surface area contributed by atoms with Gasteiger partial charge >= 0.3 is 5.97 Å². The highest BCUT2D eigenvalue weighted by Gasteiger charge is 2.32. The second-order valence-corrected chi connectivity index (χ2v) is 4.57. The maximum Gasteiger partial charge on any atom is 0.325 e. The van der Waals surface area contributed by atoms with Crippen molar-refractivity contribution in [1.29, 1.82) is 0 Å². The van der Waals surface area contributed by atoms with Crippen LogP contribution >= 0.6 is 0 Å². The number of methoxy groups -OCH3 is 1. The van der Waals surface area contributed by atoms with Crippen molar-refractivity contribution >= 4 is 5.97 Å². The first-order valence-electron chi connectivity index (χ1n) is 5.12. The molecule has 0 amide bonds. The topological polar surface area (TPSA) is 64.8 Å². The molecule has 0 aromatic heterocycles. The lowest BCUT2D eigenvalue weighted by Gasteiger charge is -2.37. The summed E-state index contributed by atoms with van der Waals surface area (Å²) in [5, 5.41) is 0. The van der Waals surface area contributed by atoms with Crippen molar-refractivity contribution in [2.24, 2.45) is 5.73 Å². The van der Waals surface area contributed by atoms with E-state index in [1.54, 1.807) is 0 Å². The molecular weight excluding hydrogens is 196 g/mol. The number of hydrogen-bond acceptors (Lipinski definition) is 5. The van der Waals surface area contributed by atoms with Gasteiger partial charge in [0, 0.05) is 18.6 Å². The lowest BCUT2D eigenvalue weighted by molar-refractivity contribution is -0.153. The SMILES string of the molecule is COC(=O)C1COCCN1CC(C)(C)N. The van der Waals surface area contributed by atoms with Crippen molar-refractivity contribution in [3.8, 4) is 0 Å². The third kappa shape index (κ3) is 3.77. The van der Waals surface area contributed by atoms with Crippen LogP contribution in [0.5, 0.6) is 0 Å². The number of esters is 1. The minimum absolute atomic E-state index is 0.251. The third-order valence-corrected chi connectivity index (χ3v) is 2.32. The Balaban J connectivity index is 2.61. The Morgan fingerprint density at radius 3 is 2.87 bits per heavy atom. The molecule has 1 saturated heterocycles. The second kappa shape index (κ2) is 4.92. The Kier molecular flexibility index (Phi) is 4.07. The summed E-state index contributed by atoms with van der Waals surface area (Å²) in [6.45, 7) is 6.30. The van der Waals surface area contributed by atoms with Crippen LogP contribution in [-0.2, 0) is 14.3 Å². The Labute approximate surface area is 90.5 Å². The van der Waals surface area contributed by atoms with Gasteiger partial charge in [0.15, 0.2) is 0 Å². The molecule has 1 aliphatic rings. The van der Waals surface area contributed by atoms with Gasteiger partial charge in [-0.05, 0) is 13.8 Å². The van der Waals surface area contributed by atoms with Crippen LogP contribution in [0, 0.1) is 0 Å². The normalized spacial score (nSPS) is 23.9. The number of carbonyl (C=O) groups is 1. The van der Waals surface area contributed by atoms with Gasteiger partial charge in [0.25, 0.3) is 0 Å². The van der Waals surface area contributed by atoms with Crippen molar-refractivity contribution in [2.75, 3.05) is 33.4 Å². The van der Waals surface area contributed by atoms with E-state index < -0.39 is 0 Å². The van der Waals surface area contributed by atoms with E-state index >= 15 is 0 Å². The summed E-state index contributed by atoms with van der Waals surface area (Å²) < 4.78 is 10.00. The van der Waals surface area contributed by atoms with E-state index in [1.165, 1.54) is 7.11 Å². The number of nitrogens with two attached hydrogens (primary N) is 1. The summed E-state index contributed by atoms with van der Waals surface area (Å²) >= 11 is 0. The standard InChI is InChI=1S/C10H20N2O3/c1-10(2,11)7-12-4-5-15-6-8(12)9(13)14-3/h8H,4-7,11H2,1-3H3. The molecule has 0 radical (unpaired) electrons. The molecule has 1 unspecified atom stereocenters. The molecule has 0 aliphatic carbocycles. The molecule has 1 fully saturated rings. The summed E-state index contributed by atoms with van der Waals surface area (Å²) in [4.78, 5) is 13.5. The van der Waals surface area contributed by atoms with Gasteiger partial charge in [-0.15, -0.1) is 0 Å². The number of ether oxygens (including phenoxy) is 2. The van der Waals surface area contributed by atoms with Crippen LogP contribution in [-0.4, -0.2) is 55.9 Å². The van der Waals surface area contributed by atoms with Crippen LogP contribution in [0.3, 0.4) is 0 Å². The zero-order valence-corrected chi connectivity index (χ0v) is 9.66. The first-order chi connectivity index (χ1) is 6.94. The van der Waals surface area contributed by atoms with Gasteiger partial charge in [-0.2, -0.15) is 0 Å². The molecular formula is C10H20N2O3. The smallest absolute Gasteiger partial charge is 0.325 e. The van der Waals surface area contributed by atoms with E-state index in [-0.39, 0.29) is 17.6 Å². The summed E-state index contributed by atoms with van der Waals surface area (Å²) in [7, 11) is 1.39. The van der Waals surface area contributed by atoms with E-state index in [1.807, 2.05) is 18.7 Å². The van der Waals surface area contributed by atoms with E-state index in [4.69, 9.17) is 15.2 Å². The maximum absolute atomic E-state index is 11.5. The van der Waals surface area contributed by atoms with Crippen molar-refractivity contribution < 1.29 is 14.3 Å². The van der Waals surface area contributed by atoms with E-state index in [9.17, 15) is 4.79 Å². The van der Waals surface area contributed by atoms with Crippen molar-refractivity contribution in [2.45, 2.75) is 25.4 Å². The predicted octanol–water partition coefficient (Wildman–Crippen LogP) is -0.402. The minimum Gasteiger partial charge on any atom is -0.468 e. The van der Waals surface area contributed by atoms with Gasteiger partial charge in [-0.3, -0.25) is 9.69 Å². The summed E-state index contributed by atoms with van der Waals surface area (Å²) in [6.07, 6.45) is 0. The zero-order chi connectivity index (χ0) is 11.5. The summed E-state index contributed by atoms with van der Waals surface area (Å²) in [5.41, 5.74) is 5.62. The fourth-order valence-corrected chi connectivity index (χ4v) is 1.70. The van der Waals surface area contributed by atoms with E-state index in [2.05, 4.69) is 0 Å². The molecule has 0 spiro atoms. The molecule has 1 aliphatic heterocycles. The van der Waals surface area contributed by atoms with Crippen LogP contribution in [0.4, 0.5) is 0 Å². The van der Waals surface area contributed by atoms with Crippen LogP contribution in [0.25, 0.3) is 0 Å². The Bertz CT molecular complexity index is 225. The largest absolute Gasteiger partial charge is 0.468 e. The summed E-state index contributed by atoms with van der Waals surface area (Å²) in [5.74, 6) is -0.251. The monoisotopic (exact) mass is 216 g/mol. The van der Waals surface area contributed by atoms with Gasteiger partial charge in [0.1, 0.15) is 6.04 Å². The maximum atomic E-state index is 11.5. The molecule has 5 heteroatoms. The lowest BCUT2D eigenvalue weighted by atomic mass is 10.0. The molecule has 88 valence electrons. The highest BCUT2D eigenvalue weighted by atomic mass is 16.5.